The normalized spacial score (nSPS) is 12.2. The molecule has 4 rings (SSSR count). The van der Waals surface area contributed by atoms with Gasteiger partial charge in [0.05, 0.1) is 35.2 Å². The van der Waals surface area contributed by atoms with E-state index in [1.807, 2.05) is 0 Å². The first kappa shape index (κ1) is 26.7. The van der Waals surface area contributed by atoms with Gasteiger partial charge in [-0.2, -0.15) is 0 Å². The van der Waals surface area contributed by atoms with E-state index in [1.165, 1.54) is 56.4 Å². The number of nitrogens with one attached hydrogen (secondary N) is 2. The third kappa shape index (κ3) is 5.35. The number of ether oxygens (including phenoxy) is 1. The number of hydrogen-bond acceptors (Lipinski definition) is 7. The average molecular weight is 540 g/mol. The highest BCUT2D eigenvalue weighted by molar-refractivity contribution is 7.92. The maximum atomic E-state index is 13.7. The molecule has 0 aliphatic rings. The summed E-state index contributed by atoms with van der Waals surface area (Å²) in [4.78, 5) is 33.5. The van der Waals surface area contributed by atoms with Crippen LogP contribution >= 0.6 is 0 Å². The van der Waals surface area contributed by atoms with Gasteiger partial charge in [-0.15, -0.1) is 0 Å². The van der Waals surface area contributed by atoms with Crippen molar-refractivity contribution in [3.63, 3.8) is 0 Å². The molecule has 198 valence electrons. The van der Waals surface area contributed by atoms with E-state index in [1.54, 1.807) is 25.1 Å². The molecule has 0 unspecified atom stereocenters. The van der Waals surface area contributed by atoms with Crippen LogP contribution in [-0.2, 0) is 21.4 Å². The molecule has 0 saturated heterocycles. The van der Waals surface area contributed by atoms with Crippen molar-refractivity contribution in [2.75, 3.05) is 18.9 Å². The van der Waals surface area contributed by atoms with E-state index >= 15 is 0 Å². The van der Waals surface area contributed by atoms with E-state index in [2.05, 4.69) is 20.0 Å². The number of pyridine rings is 1. The zero-order valence-electron chi connectivity index (χ0n) is 21.1. The Morgan fingerprint density at radius 3 is 2.58 bits per heavy atom. The summed E-state index contributed by atoms with van der Waals surface area (Å²) in [6.07, 6.45) is 2.89. The van der Waals surface area contributed by atoms with Crippen molar-refractivity contribution in [1.82, 2.24) is 19.9 Å². The number of hydrogen-bond donors (Lipinski definition) is 2. The second-order valence-electron chi connectivity index (χ2n) is 8.75. The van der Waals surface area contributed by atoms with Crippen molar-refractivity contribution in [2.24, 2.45) is 5.92 Å². The molecule has 1 atom stereocenters. The molecule has 0 aliphatic heterocycles. The molecule has 12 heteroatoms. The standard InChI is InChI=1S/C26H26FN5O5S/c1-15-9-19(6-7-21(15)27)38(35,36)31-23-11-18(12-29-25(23)37-4)17-5-8-22-20(10-17)26(34)32(14-30-22)13-16(2)24(33)28-3/h5-12,14,16,31H,13H2,1-4H3,(H,28,33)/t16-/m0/s1. The molecule has 0 aliphatic carbocycles. The molecular weight excluding hydrogens is 513 g/mol. The van der Waals surface area contributed by atoms with E-state index in [9.17, 15) is 22.4 Å². The van der Waals surface area contributed by atoms with E-state index in [-0.39, 0.29) is 40.0 Å². The van der Waals surface area contributed by atoms with Crippen LogP contribution in [0, 0.1) is 18.7 Å². The Balaban J connectivity index is 1.73. The number of methoxy groups -OCH3 is 1. The van der Waals surface area contributed by atoms with Crippen LogP contribution in [0.3, 0.4) is 0 Å². The Morgan fingerprint density at radius 2 is 1.89 bits per heavy atom. The van der Waals surface area contributed by atoms with Crippen molar-refractivity contribution in [1.29, 1.82) is 0 Å². The molecule has 1 amide bonds. The maximum absolute atomic E-state index is 13.7. The van der Waals surface area contributed by atoms with Gasteiger partial charge in [0.15, 0.2) is 0 Å². The lowest BCUT2D eigenvalue weighted by molar-refractivity contribution is -0.124. The van der Waals surface area contributed by atoms with Gasteiger partial charge in [0.25, 0.3) is 15.6 Å². The molecule has 10 nitrogen and oxygen atoms in total. The predicted molar refractivity (Wildman–Crippen MR) is 141 cm³/mol. The average Bonchev–Trinajstić information content (AvgIpc) is 2.90. The number of sulfonamides is 1. The molecular formula is C26H26FN5O5S. The van der Waals surface area contributed by atoms with Crippen LogP contribution in [0.2, 0.25) is 0 Å². The zero-order chi connectivity index (χ0) is 27.6. The van der Waals surface area contributed by atoms with E-state index < -0.39 is 21.8 Å². The highest BCUT2D eigenvalue weighted by Crippen LogP contribution is 2.31. The molecule has 2 aromatic carbocycles. The van der Waals surface area contributed by atoms with Crippen molar-refractivity contribution in [3.8, 4) is 17.0 Å². The Labute approximate surface area is 218 Å². The van der Waals surface area contributed by atoms with Gasteiger partial charge in [-0.3, -0.25) is 18.9 Å². The largest absolute Gasteiger partial charge is 0.480 e. The number of nitrogens with zero attached hydrogens (tertiary/aromatic N) is 3. The summed E-state index contributed by atoms with van der Waals surface area (Å²) >= 11 is 0. The van der Waals surface area contributed by atoms with Gasteiger partial charge in [0.2, 0.25) is 11.8 Å². The summed E-state index contributed by atoms with van der Waals surface area (Å²) in [7, 11) is -1.20. The Kier molecular flexibility index (Phi) is 7.44. The summed E-state index contributed by atoms with van der Waals surface area (Å²) in [6.45, 7) is 3.34. The fourth-order valence-electron chi connectivity index (χ4n) is 3.93. The number of carbonyl (C=O) groups excluding carboxylic acids is 1. The lowest BCUT2D eigenvalue weighted by atomic mass is 10.0. The molecule has 0 saturated carbocycles. The zero-order valence-corrected chi connectivity index (χ0v) is 22.0. The SMILES string of the molecule is CNC(=O)[C@@H](C)Cn1cnc2ccc(-c3cnc(OC)c(NS(=O)(=O)c4ccc(F)c(C)c4)c3)cc2c1=O. The number of carbonyl (C=O) groups is 1. The molecule has 4 aromatic rings. The number of benzene rings is 2. The third-order valence-electron chi connectivity index (χ3n) is 6.05. The number of amides is 1. The van der Waals surface area contributed by atoms with Gasteiger partial charge in [0.1, 0.15) is 11.5 Å². The first-order valence-corrected chi connectivity index (χ1v) is 13.1. The number of rotatable bonds is 8. The minimum absolute atomic E-state index is 0.0316. The molecule has 0 spiro atoms. The van der Waals surface area contributed by atoms with E-state index in [0.29, 0.717) is 22.0 Å². The number of halogens is 1. The van der Waals surface area contributed by atoms with E-state index in [4.69, 9.17) is 4.74 Å². The quantitative estimate of drug-likeness (QED) is 0.352. The smallest absolute Gasteiger partial charge is 0.262 e. The van der Waals surface area contributed by atoms with Gasteiger partial charge in [-0.25, -0.2) is 22.8 Å². The summed E-state index contributed by atoms with van der Waals surface area (Å²) in [5.41, 5.74) is 1.50. The predicted octanol–water partition coefficient (Wildman–Crippen LogP) is 3.10. The van der Waals surface area contributed by atoms with Crippen LogP contribution < -0.4 is 20.3 Å². The fraction of sp³-hybridized carbons (Fsp3) is 0.231. The number of fused-ring (bicyclic) bond motifs is 1. The molecule has 2 N–H and O–H groups in total. The number of anilines is 1. The van der Waals surface area contributed by atoms with Crippen LogP contribution in [0.15, 0.2) is 64.7 Å². The summed E-state index contributed by atoms with van der Waals surface area (Å²) in [5.74, 6) is -1.12. The first-order valence-electron chi connectivity index (χ1n) is 11.6. The van der Waals surface area contributed by atoms with Crippen molar-refractivity contribution < 1.29 is 22.3 Å². The van der Waals surface area contributed by atoms with Crippen molar-refractivity contribution in [3.05, 3.63) is 76.7 Å². The second kappa shape index (κ2) is 10.6. The van der Waals surface area contributed by atoms with E-state index in [0.717, 1.165) is 6.07 Å². The summed E-state index contributed by atoms with van der Waals surface area (Å²) < 4.78 is 48.7. The van der Waals surface area contributed by atoms with Gasteiger partial charge < -0.3 is 10.1 Å². The number of aryl methyl sites for hydroxylation is 1. The van der Waals surface area contributed by atoms with Crippen LogP contribution in [0.5, 0.6) is 5.88 Å². The molecule has 38 heavy (non-hydrogen) atoms. The molecule has 2 aromatic heterocycles. The maximum Gasteiger partial charge on any atom is 0.262 e. The Hall–Kier alpha value is -4.32. The monoisotopic (exact) mass is 539 g/mol. The Morgan fingerprint density at radius 1 is 1.13 bits per heavy atom. The summed E-state index contributed by atoms with van der Waals surface area (Å²) in [5, 5.41) is 2.89. The van der Waals surface area contributed by atoms with Gasteiger partial charge in [0, 0.05) is 25.4 Å². The van der Waals surface area contributed by atoms with Crippen LogP contribution in [0.25, 0.3) is 22.0 Å². The highest BCUT2D eigenvalue weighted by Gasteiger charge is 2.20. The topological polar surface area (TPSA) is 132 Å². The third-order valence-corrected chi connectivity index (χ3v) is 7.41. The molecule has 0 radical (unpaired) electrons. The lowest BCUT2D eigenvalue weighted by Gasteiger charge is -2.14. The van der Waals surface area contributed by atoms with Gasteiger partial charge in [-0.1, -0.05) is 13.0 Å². The fourth-order valence-corrected chi connectivity index (χ4v) is 5.06. The molecule has 0 bridgehead atoms. The van der Waals surface area contributed by atoms with Crippen molar-refractivity contribution >= 4 is 32.5 Å². The van der Waals surface area contributed by atoms with Gasteiger partial charge >= 0.3 is 0 Å². The minimum Gasteiger partial charge on any atom is -0.480 e. The van der Waals surface area contributed by atoms with Gasteiger partial charge in [-0.05, 0) is 54.4 Å². The Bertz CT molecular complexity index is 1700. The molecule has 0 fully saturated rings. The lowest BCUT2D eigenvalue weighted by Crippen LogP contribution is -2.32. The van der Waals surface area contributed by atoms with Crippen LogP contribution in [0.4, 0.5) is 10.1 Å². The first-order chi connectivity index (χ1) is 18.0. The molecule has 2 heterocycles. The second-order valence-corrected chi connectivity index (χ2v) is 10.4. The highest BCUT2D eigenvalue weighted by atomic mass is 32.2. The summed E-state index contributed by atoms with van der Waals surface area (Å²) in [6, 6.07) is 10.1. The minimum atomic E-state index is -4.08. The number of aromatic nitrogens is 3. The van der Waals surface area contributed by atoms with Crippen LogP contribution in [0.1, 0.15) is 12.5 Å². The van der Waals surface area contributed by atoms with Crippen molar-refractivity contribution in [2.45, 2.75) is 25.3 Å². The van der Waals surface area contributed by atoms with Crippen LogP contribution in [-0.4, -0.2) is 43.0 Å².